The van der Waals surface area contributed by atoms with Gasteiger partial charge >= 0.3 is 5.97 Å². The molecule has 1 aromatic carbocycles. The molecule has 5 nitrogen and oxygen atoms in total. The quantitative estimate of drug-likeness (QED) is 0.910. The highest BCUT2D eigenvalue weighted by atomic mass is 16.5. The molecular weight excluding hydrogens is 258 g/mol. The first kappa shape index (κ1) is 14.5. The van der Waals surface area contributed by atoms with Gasteiger partial charge in [-0.1, -0.05) is 12.1 Å². The summed E-state index contributed by atoms with van der Waals surface area (Å²) in [5.74, 6) is -0.970. The van der Waals surface area contributed by atoms with Crippen LogP contribution in [0.15, 0.2) is 24.3 Å². The second-order valence-electron chi connectivity index (χ2n) is 5.09. The molecule has 5 heteroatoms. The largest absolute Gasteiger partial charge is 0.478 e. The van der Waals surface area contributed by atoms with E-state index >= 15 is 0 Å². The molecule has 0 radical (unpaired) electrons. The molecule has 0 saturated carbocycles. The molecule has 108 valence electrons. The molecule has 1 heterocycles. The lowest BCUT2D eigenvalue weighted by Crippen LogP contribution is -2.51. The number of ether oxygens (including phenoxy) is 1. The molecule has 20 heavy (non-hydrogen) atoms. The molecule has 1 aromatic rings. The van der Waals surface area contributed by atoms with Crippen molar-refractivity contribution in [3.8, 4) is 0 Å². The third-order valence-corrected chi connectivity index (χ3v) is 3.73. The maximum atomic E-state index is 12.3. The van der Waals surface area contributed by atoms with E-state index in [0.717, 1.165) is 5.56 Å². The van der Waals surface area contributed by atoms with Crippen molar-refractivity contribution in [1.29, 1.82) is 0 Å². The third-order valence-electron chi connectivity index (χ3n) is 3.73. The normalized spacial score (nSPS) is 22.6. The van der Waals surface area contributed by atoms with Crippen molar-refractivity contribution in [2.24, 2.45) is 0 Å². The molecule has 1 fully saturated rings. The molecular formula is C15H19NO4. The lowest BCUT2D eigenvalue weighted by molar-refractivity contribution is -0.143. The summed E-state index contributed by atoms with van der Waals surface area (Å²) in [4.78, 5) is 25.1. The summed E-state index contributed by atoms with van der Waals surface area (Å²) in [6.07, 6.45) is 0.246. The predicted molar refractivity (Wildman–Crippen MR) is 73.7 cm³/mol. The molecule has 2 unspecified atom stereocenters. The van der Waals surface area contributed by atoms with E-state index in [1.165, 1.54) is 6.07 Å². The Kier molecular flexibility index (Phi) is 4.39. The summed E-state index contributed by atoms with van der Waals surface area (Å²) in [6.45, 7) is 5.06. The summed E-state index contributed by atoms with van der Waals surface area (Å²) in [7, 11) is 0. The first-order valence-corrected chi connectivity index (χ1v) is 6.72. The first-order valence-electron chi connectivity index (χ1n) is 6.72. The first-order chi connectivity index (χ1) is 9.49. The highest BCUT2D eigenvalue weighted by Crippen LogP contribution is 2.16. The van der Waals surface area contributed by atoms with Gasteiger partial charge in [-0.2, -0.15) is 0 Å². The summed E-state index contributed by atoms with van der Waals surface area (Å²) in [6, 6.07) is 6.56. The zero-order valence-corrected chi connectivity index (χ0v) is 11.7. The number of carboxylic acids is 1. The highest BCUT2D eigenvalue weighted by molar-refractivity contribution is 5.88. The second-order valence-corrected chi connectivity index (χ2v) is 5.09. The van der Waals surface area contributed by atoms with Crippen molar-refractivity contribution in [1.82, 2.24) is 4.90 Å². The number of nitrogens with zero attached hydrogens (tertiary/aromatic N) is 1. The molecule has 2 rings (SSSR count). The molecule has 1 aliphatic heterocycles. The number of rotatable bonds is 3. The number of hydrogen-bond acceptors (Lipinski definition) is 3. The molecule has 2 atom stereocenters. The number of carboxylic acid groups (broad SMARTS) is 1. The minimum Gasteiger partial charge on any atom is -0.478 e. The van der Waals surface area contributed by atoms with Gasteiger partial charge in [0.1, 0.15) is 0 Å². The smallest absolute Gasteiger partial charge is 0.335 e. The molecule has 1 aliphatic rings. The molecule has 1 saturated heterocycles. The third kappa shape index (κ3) is 3.17. The molecule has 0 aromatic heterocycles. The average molecular weight is 277 g/mol. The Bertz CT molecular complexity index is 514. The minimum absolute atomic E-state index is 0.00943. The van der Waals surface area contributed by atoms with Gasteiger partial charge < -0.3 is 14.7 Å². The highest BCUT2D eigenvalue weighted by Gasteiger charge is 2.28. The standard InChI is InChI=1S/C15H19NO4/c1-10-11(2)20-7-6-16(10)14(17)9-12-4-3-5-13(8-12)15(18)19/h3-5,8,10-11H,6-7,9H2,1-2H3,(H,18,19). The number of carbonyl (C=O) groups excluding carboxylic acids is 1. The Morgan fingerprint density at radius 3 is 2.85 bits per heavy atom. The molecule has 0 bridgehead atoms. The van der Waals surface area contributed by atoms with Crippen molar-refractivity contribution < 1.29 is 19.4 Å². The van der Waals surface area contributed by atoms with Crippen LogP contribution in [0, 0.1) is 0 Å². The zero-order chi connectivity index (χ0) is 14.7. The van der Waals surface area contributed by atoms with Crippen molar-refractivity contribution in [3.63, 3.8) is 0 Å². The second kappa shape index (κ2) is 6.05. The number of carbonyl (C=O) groups is 2. The van der Waals surface area contributed by atoms with Crippen molar-refractivity contribution >= 4 is 11.9 Å². The van der Waals surface area contributed by atoms with E-state index < -0.39 is 5.97 Å². The Hall–Kier alpha value is -1.88. The van der Waals surface area contributed by atoms with Crippen LogP contribution in [0.3, 0.4) is 0 Å². The van der Waals surface area contributed by atoms with Crippen LogP contribution >= 0.6 is 0 Å². The van der Waals surface area contributed by atoms with Crippen LogP contribution in [0.25, 0.3) is 0 Å². The Labute approximate surface area is 118 Å². The summed E-state index contributed by atoms with van der Waals surface area (Å²) < 4.78 is 5.50. The molecule has 1 N–H and O–H groups in total. The monoisotopic (exact) mass is 277 g/mol. The van der Waals surface area contributed by atoms with Gasteiger partial charge in [-0.05, 0) is 31.5 Å². The van der Waals surface area contributed by atoms with E-state index in [0.29, 0.717) is 13.2 Å². The van der Waals surface area contributed by atoms with Gasteiger partial charge in [0.05, 0.1) is 30.7 Å². The average Bonchev–Trinajstić information content (AvgIpc) is 2.42. The maximum absolute atomic E-state index is 12.3. The lowest BCUT2D eigenvalue weighted by Gasteiger charge is -2.38. The van der Waals surface area contributed by atoms with E-state index in [1.807, 2.05) is 18.7 Å². The van der Waals surface area contributed by atoms with Crippen LogP contribution in [0.5, 0.6) is 0 Å². The van der Waals surface area contributed by atoms with Gasteiger partial charge in [-0.15, -0.1) is 0 Å². The SMILES string of the molecule is CC1OCCN(C(=O)Cc2cccc(C(=O)O)c2)C1C. The van der Waals surface area contributed by atoms with E-state index in [-0.39, 0.29) is 30.0 Å². The Morgan fingerprint density at radius 2 is 2.15 bits per heavy atom. The van der Waals surface area contributed by atoms with Gasteiger partial charge in [0, 0.05) is 6.54 Å². The zero-order valence-electron chi connectivity index (χ0n) is 11.7. The number of hydrogen-bond donors (Lipinski definition) is 1. The fourth-order valence-corrected chi connectivity index (χ4v) is 2.38. The van der Waals surface area contributed by atoms with Crippen LogP contribution in [-0.4, -0.2) is 47.2 Å². The number of amides is 1. The Morgan fingerprint density at radius 1 is 1.40 bits per heavy atom. The number of aromatic carboxylic acids is 1. The van der Waals surface area contributed by atoms with Gasteiger partial charge in [-0.3, -0.25) is 4.79 Å². The van der Waals surface area contributed by atoms with E-state index in [1.54, 1.807) is 18.2 Å². The van der Waals surface area contributed by atoms with Crippen LogP contribution in [0.2, 0.25) is 0 Å². The van der Waals surface area contributed by atoms with Crippen LogP contribution in [0.4, 0.5) is 0 Å². The fraction of sp³-hybridized carbons (Fsp3) is 0.467. The summed E-state index contributed by atoms with van der Waals surface area (Å²) >= 11 is 0. The van der Waals surface area contributed by atoms with Gasteiger partial charge in [0.25, 0.3) is 0 Å². The molecule has 0 aliphatic carbocycles. The van der Waals surface area contributed by atoms with E-state index in [9.17, 15) is 9.59 Å². The van der Waals surface area contributed by atoms with Crippen molar-refractivity contribution in [2.75, 3.05) is 13.2 Å². The Balaban J connectivity index is 2.07. The van der Waals surface area contributed by atoms with E-state index in [4.69, 9.17) is 9.84 Å². The van der Waals surface area contributed by atoms with Crippen molar-refractivity contribution in [3.05, 3.63) is 35.4 Å². The molecule has 0 spiro atoms. The van der Waals surface area contributed by atoms with Crippen LogP contribution in [0.1, 0.15) is 29.8 Å². The van der Waals surface area contributed by atoms with Gasteiger partial charge in [0.2, 0.25) is 5.91 Å². The van der Waals surface area contributed by atoms with Crippen molar-refractivity contribution in [2.45, 2.75) is 32.4 Å². The molecule has 1 amide bonds. The summed E-state index contributed by atoms with van der Waals surface area (Å²) in [5.41, 5.74) is 0.930. The van der Waals surface area contributed by atoms with E-state index in [2.05, 4.69) is 0 Å². The van der Waals surface area contributed by atoms with Gasteiger partial charge in [0.15, 0.2) is 0 Å². The maximum Gasteiger partial charge on any atom is 0.335 e. The fourth-order valence-electron chi connectivity index (χ4n) is 2.38. The minimum atomic E-state index is -0.979. The topological polar surface area (TPSA) is 66.8 Å². The van der Waals surface area contributed by atoms with Crippen LogP contribution < -0.4 is 0 Å². The predicted octanol–water partition coefficient (Wildman–Crippen LogP) is 1.56. The number of benzene rings is 1. The number of morpholine rings is 1. The lowest BCUT2D eigenvalue weighted by atomic mass is 10.1. The summed E-state index contributed by atoms with van der Waals surface area (Å²) in [5, 5.41) is 8.96. The van der Waals surface area contributed by atoms with Gasteiger partial charge in [-0.25, -0.2) is 4.79 Å². The van der Waals surface area contributed by atoms with Crippen LogP contribution in [-0.2, 0) is 16.0 Å².